The minimum Gasteiger partial charge on any atom is -0.381 e. The van der Waals surface area contributed by atoms with Gasteiger partial charge < -0.3 is 29.2 Å². The third-order valence-electron chi connectivity index (χ3n) is 8.64. The van der Waals surface area contributed by atoms with Crippen LogP contribution in [0.5, 0.6) is 0 Å². The summed E-state index contributed by atoms with van der Waals surface area (Å²) in [5.41, 5.74) is 0.506. The molecule has 8 unspecified atom stereocenters. The van der Waals surface area contributed by atoms with Crippen LogP contribution in [0.25, 0.3) is 0 Å². The maximum Gasteiger partial charge on any atom is 0.223 e. The van der Waals surface area contributed by atoms with Crippen molar-refractivity contribution < 1.29 is 14.3 Å². The molecule has 0 radical (unpaired) electrons. The molecular weight excluding hydrogens is 444 g/mol. The van der Waals surface area contributed by atoms with Crippen molar-refractivity contribution in [3.05, 3.63) is 18.0 Å². The van der Waals surface area contributed by atoms with Gasteiger partial charge in [0.05, 0.1) is 6.10 Å². The highest BCUT2D eigenvalue weighted by molar-refractivity contribution is 5.78. The maximum atomic E-state index is 13.4. The Morgan fingerprint density at radius 2 is 1.97 bits per heavy atom. The molecule has 1 aliphatic carbocycles. The molecule has 4 N–H and O–H groups in total. The molecule has 2 aliphatic heterocycles. The van der Waals surface area contributed by atoms with E-state index in [1.165, 1.54) is 0 Å². The lowest BCUT2D eigenvalue weighted by Crippen LogP contribution is -2.51. The first-order valence-corrected chi connectivity index (χ1v) is 13.4. The Morgan fingerprint density at radius 1 is 1.14 bits per heavy atom. The molecule has 1 aromatic heterocycles. The number of carbonyl (C=O) groups is 1. The van der Waals surface area contributed by atoms with Gasteiger partial charge in [-0.3, -0.25) is 15.5 Å². The number of methoxy groups -OCH3 is 2. The van der Waals surface area contributed by atoms with Gasteiger partial charge in [0.15, 0.2) is 0 Å². The third kappa shape index (κ3) is 6.56. The van der Waals surface area contributed by atoms with Crippen molar-refractivity contribution in [2.75, 3.05) is 33.9 Å². The van der Waals surface area contributed by atoms with E-state index >= 15 is 0 Å². The van der Waals surface area contributed by atoms with Crippen LogP contribution >= 0.6 is 0 Å². The molecule has 0 spiro atoms. The molecule has 198 valence electrons. The van der Waals surface area contributed by atoms with Crippen LogP contribution in [0.15, 0.2) is 12.4 Å². The van der Waals surface area contributed by atoms with Gasteiger partial charge in [-0.1, -0.05) is 6.92 Å². The Morgan fingerprint density at radius 3 is 2.69 bits per heavy atom. The number of aromatic nitrogens is 2. The molecule has 0 aromatic carbocycles. The molecule has 35 heavy (non-hydrogen) atoms. The standard InChI is InChI=1S/C26H46N6O3/c1-17-9-23(25(35-4)30-14-17)19-10-18(16-32-8-7-31(2)26(32)27)11-20(12-19)24(33)29-15-21-13-22(34-3)5-6-28-21/h7-8,17-23,25,27-28,30H,5-6,9-16H2,1-4H3,(H,29,33). The average Bonchev–Trinajstić information content (AvgIpc) is 3.19. The summed E-state index contributed by atoms with van der Waals surface area (Å²) in [6.07, 6.45) is 10.2. The second kappa shape index (κ2) is 12.0. The molecule has 2 saturated heterocycles. The fourth-order valence-electron chi connectivity index (χ4n) is 6.69. The van der Waals surface area contributed by atoms with Crippen molar-refractivity contribution in [2.24, 2.45) is 36.6 Å². The van der Waals surface area contributed by atoms with Gasteiger partial charge >= 0.3 is 0 Å². The van der Waals surface area contributed by atoms with Gasteiger partial charge in [0.2, 0.25) is 11.5 Å². The minimum atomic E-state index is -0.00574. The highest BCUT2D eigenvalue weighted by Crippen LogP contribution is 2.42. The van der Waals surface area contributed by atoms with E-state index in [0.29, 0.717) is 35.8 Å². The van der Waals surface area contributed by atoms with E-state index < -0.39 is 0 Å². The second-order valence-corrected chi connectivity index (χ2v) is 11.3. The van der Waals surface area contributed by atoms with Crippen molar-refractivity contribution in [3.63, 3.8) is 0 Å². The normalized spacial score (nSPS) is 36.1. The molecule has 1 aromatic rings. The number of ether oxygens (including phenoxy) is 2. The quantitative estimate of drug-likeness (QED) is 0.441. The van der Waals surface area contributed by atoms with Crippen LogP contribution in [0, 0.1) is 35.0 Å². The predicted octanol–water partition coefficient (Wildman–Crippen LogP) is 1.44. The Balaban J connectivity index is 1.45. The van der Waals surface area contributed by atoms with Gasteiger partial charge in [-0.25, -0.2) is 0 Å². The summed E-state index contributed by atoms with van der Waals surface area (Å²) in [5.74, 6) is 1.97. The molecule has 4 rings (SSSR count). The second-order valence-electron chi connectivity index (χ2n) is 11.3. The summed E-state index contributed by atoms with van der Waals surface area (Å²) in [7, 11) is 5.47. The van der Waals surface area contributed by atoms with E-state index in [0.717, 1.165) is 58.2 Å². The highest BCUT2D eigenvalue weighted by Gasteiger charge is 2.41. The third-order valence-corrected chi connectivity index (χ3v) is 8.64. The first-order chi connectivity index (χ1) is 16.9. The topological polar surface area (TPSA) is 105 Å². The first-order valence-electron chi connectivity index (χ1n) is 13.4. The number of hydrogen-bond acceptors (Lipinski definition) is 6. The Bertz CT molecular complexity index is 885. The SMILES string of the molecule is COC1CCNC(CNC(=O)C2CC(Cn3ccn(C)c3=N)CC(C3CC(C)CNC3OC)C2)C1. The molecule has 9 heteroatoms. The number of aryl methyl sites for hydroxylation is 1. The lowest BCUT2D eigenvalue weighted by Gasteiger charge is -2.44. The van der Waals surface area contributed by atoms with Gasteiger partial charge in [-0.15, -0.1) is 0 Å². The number of nitrogens with one attached hydrogen (secondary N) is 4. The summed E-state index contributed by atoms with van der Waals surface area (Å²) in [6, 6.07) is 0.264. The summed E-state index contributed by atoms with van der Waals surface area (Å²) in [4.78, 5) is 13.4. The van der Waals surface area contributed by atoms with Crippen molar-refractivity contribution in [3.8, 4) is 0 Å². The number of amides is 1. The minimum absolute atomic E-state index is 0.00574. The van der Waals surface area contributed by atoms with E-state index in [4.69, 9.17) is 14.9 Å². The van der Waals surface area contributed by atoms with Gasteiger partial charge in [0, 0.05) is 71.2 Å². The van der Waals surface area contributed by atoms with Gasteiger partial charge in [0.25, 0.3) is 0 Å². The van der Waals surface area contributed by atoms with Crippen LogP contribution in [-0.4, -0.2) is 67.3 Å². The lowest BCUT2D eigenvalue weighted by molar-refractivity contribution is -0.128. The van der Waals surface area contributed by atoms with Crippen molar-refractivity contribution >= 4 is 5.91 Å². The van der Waals surface area contributed by atoms with Crippen LogP contribution in [-0.2, 0) is 27.9 Å². The summed E-state index contributed by atoms with van der Waals surface area (Å²) >= 11 is 0. The van der Waals surface area contributed by atoms with E-state index in [-0.39, 0.29) is 30.2 Å². The molecule has 0 bridgehead atoms. The van der Waals surface area contributed by atoms with Crippen molar-refractivity contribution in [2.45, 2.75) is 70.4 Å². The van der Waals surface area contributed by atoms with Gasteiger partial charge in [-0.2, -0.15) is 0 Å². The molecule has 3 aliphatic rings. The molecule has 9 nitrogen and oxygen atoms in total. The number of piperidine rings is 2. The Labute approximate surface area is 209 Å². The van der Waals surface area contributed by atoms with E-state index in [1.807, 2.05) is 28.6 Å². The smallest absolute Gasteiger partial charge is 0.223 e. The molecule has 3 heterocycles. The summed E-state index contributed by atoms with van der Waals surface area (Å²) < 4.78 is 15.3. The van der Waals surface area contributed by atoms with Gasteiger partial charge in [0.1, 0.15) is 6.23 Å². The summed E-state index contributed by atoms with van der Waals surface area (Å²) in [6.45, 7) is 5.65. The Kier molecular flexibility index (Phi) is 9.07. The van der Waals surface area contributed by atoms with Crippen molar-refractivity contribution in [1.29, 1.82) is 5.41 Å². The largest absolute Gasteiger partial charge is 0.381 e. The van der Waals surface area contributed by atoms with Crippen LogP contribution in [0.3, 0.4) is 0 Å². The number of hydrogen-bond donors (Lipinski definition) is 4. The first kappa shape index (κ1) is 26.4. The molecule has 3 fully saturated rings. The van der Waals surface area contributed by atoms with E-state index in [2.05, 4.69) is 22.9 Å². The zero-order valence-electron chi connectivity index (χ0n) is 22.0. The summed E-state index contributed by atoms with van der Waals surface area (Å²) in [5, 5.41) is 18.8. The van der Waals surface area contributed by atoms with Crippen LogP contribution in [0.4, 0.5) is 0 Å². The molecular formula is C26H46N6O3. The Hall–Kier alpha value is -1.68. The number of imidazole rings is 1. The monoisotopic (exact) mass is 490 g/mol. The van der Waals surface area contributed by atoms with Crippen LogP contribution < -0.4 is 21.6 Å². The zero-order chi connectivity index (χ0) is 24.9. The predicted molar refractivity (Wildman–Crippen MR) is 134 cm³/mol. The number of carbonyl (C=O) groups excluding carboxylic acids is 1. The fourth-order valence-corrected chi connectivity index (χ4v) is 6.69. The van der Waals surface area contributed by atoms with Gasteiger partial charge in [-0.05, 0) is 62.8 Å². The fraction of sp³-hybridized carbons (Fsp3) is 0.846. The van der Waals surface area contributed by atoms with E-state index in [1.54, 1.807) is 14.2 Å². The average molecular weight is 491 g/mol. The maximum absolute atomic E-state index is 13.4. The molecule has 1 saturated carbocycles. The lowest BCUT2D eigenvalue weighted by atomic mass is 9.67. The number of nitrogens with zero attached hydrogens (tertiary/aromatic N) is 2. The van der Waals surface area contributed by atoms with Crippen LogP contribution in [0.1, 0.15) is 45.4 Å². The molecule has 1 amide bonds. The molecule has 8 atom stereocenters. The highest BCUT2D eigenvalue weighted by atomic mass is 16.5. The number of rotatable bonds is 8. The van der Waals surface area contributed by atoms with Crippen molar-refractivity contribution in [1.82, 2.24) is 25.1 Å². The van der Waals surface area contributed by atoms with E-state index in [9.17, 15) is 4.79 Å². The zero-order valence-corrected chi connectivity index (χ0v) is 22.0. The van der Waals surface area contributed by atoms with Crippen LogP contribution in [0.2, 0.25) is 0 Å².